The number of benzene rings is 3. The Morgan fingerprint density at radius 1 is 1.03 bits per heavy atom. The number of hydrogen-bond acceptors (Lipinski definition) is 5. The summed E-state index contributed by atoms with van der Waals surface area (Å²) in [5.74, 6) is 1.13. The topological polar surface area (TPSA) is 54.7 Å². The maximum Gasteiger partial charge on any atom is 0.217 e. The summed E-state index contributed by atoms with van der Waals surface area (Å²) in [5.41, 5.74) is 4.18. The molecule has 0 bridgehead atoms. The first kappa shape index (κ1) is 21.2. The van der Waals surface area contributed by atoms with Gasteiger partial charge in [0.15, 0.2) is 0 Å². The summed E-state index contributed by atoms with van der Waals surface area (Å²) < 4.78 is 6.02. The fourth-order valence-electron chi connectivity index (χ4n) is 4.47. The smallest absolute Gasteiger partial charge is 0.217 e. The Hall–Kier alpha value is -2.62. The number of aromatic nitrogens is 1. The number of hydrogen-bond donors (Lipinski definition) is 1. The molecule has 3 aromatic carbocycles. The monoisotopic (exact) mass is 618 g/mol. The minimum Gasteiger partial charge on any atom is -0.506 e. The normalized spacial score (nSPS) is 20.9. The number of aliphatic imine (C=N–C) groups is 1. The molecule has 0 fully saturated rings. The summed E-state index contributed by atoms with van der Waals surface area (Å²) in [6, 6.07) is 27.0. The third-order valence-corrected chi connectivity index (χ3v) is 7.29. The van der Waals surface area contributed by atoms with Crippen molar-refractivity contribution in [2.45, 2.75) is 24.1 Å². The van der Waals surface area contributed by atoms with Gasteiger partial charge < -0.3 is 14.8 Å². The zero-order chi connectivity index (χ0) is 21.0. The molecule has 1 aromatic heterocycles. The molecule has 1 aliphatic heterocycles. The summed E-state index contributed by atoms with van der Waals surface area (Å²) in [5, 5.41) is 11.9. The van der Waals surface area contributed by atoms with Crippen molar-refractivity contribution in [2.24, 2.45) is 4.99 Å². The molecule has 6 rings (SSSR count). The van der Waals surface area contributed by atoms with Crippen LogP contribution in [0.5, 0.6) is 17.4 Å². The average Bonchev–Trinajstić information content (AvgIpc) is 3.25. The molecule has 1 aliphatic carbocycles. The molecule has 0 saturated carbocycles. The number of fused-ring (bicyclic) bond motifs is 4. The Bertz CT molecular complexity index is 1370. The van der Waals surface area contributed by atoms with E-state index in [-0.39, 0.29) is 37.6 Å². The van der Waals surface area contributed by atoms with Crippen molar-refractivity contribution in [3.8, 4) is 17.4 Å². The molecule has 162 valence electrons. The summed E-state index contributed by atoms with van der Waals surface area (Å²) >= 11 is 1.83. The molecule has 0 spiro atoms. The predicted octanol–water partition coefficient (Wildman–Crippen LogP) is 6.08. The van der Waals surface area contributed by atoms with Crippen molar-refractivity contribution >= 4 is 27.7 Å². The number of phenols is 1. The van der Waals surface area contributed by atoms with Crippen LogP contribution in [-0.4, -0.2) is 19.9 Å². The van der Waals surface area contributed by atoms with Crippen LogP contribution in [0, 0.1) is 6.07 Å². The largest absolute Gasteiger partial charge is 0.506 e. The van der Waals surface area contributed by atoms with E-state index in [0.29, 0.717) is 17.1 Å². The van der Waals surface area contributed by atoms with Crippen LogP contribution in [0.1, 0.15) is 29.7 Å². The fourth-order valence-corrected chi connectivity index (χ4v) is 5.82. The van der Waals surface area contributed by atoms with E-state index in [1.54, 1.807) is 18.2 Å². The first-order valence-corrected chi connectivity index (χ1v) is 11.0. The third kappa shape index (κ3) is 3.54. The number of phenolic OH excluding ortho intramolecular Hbond substituents is 1. The molecule has 1 N–H and O–H groups in total. The van der Waals surface area contributed by atoms with Gasteiger partial charge in [0.1, 0.15) is 11.3 Å². The molecule has 2 heterocycles. The zero-order valence-corrected chi connectivity index (χ0v) is 20.3. The van der Waals surface area contributed by atoms with E-state index in [9.17, 15) is 5.11 Å². The van der Waals surface area contributed by atoms with Crippen molar-refractivity contribution in [3.05, 3.63) is 95.6 Å². The van der Waals surface area contributed by atoms with E-state index < -0.39 is 0 Å². The Balaban J connectivity index is 0.00000216. The third-order valence-electron chi connectivity index (χ3n) is 5.93. The van der Waals surface area contributed by atoms with Crippen LogP contribution in [0.25, 0.3) is 10.9 Å². The SMILES string of the molecule is C[C@@]12Cc3ccccc3[C@@H]1N=C(c1[c-]c(Oc3ccc4cccc(O)c4n3)ccc1)S2.[Pt]. The molecule has 32 heavy (non-hydrogen) atoms. The van der Waals surface area contributed by atoms with E-state index in [1.807, 2.05) is 42.1 Å². The summed E-state index contributed by atoms with van der Waals surface area (Å²) in [6.07, 6.45) is 1.02. The second-order valence-electron chi connectivity index (χ2n) is 8.16. The number of nitrogens with zero attached hydrogens (tertiary/aromatic N) is 2. The second-order valence-corrected chi connectivity index (χ2v) is 9.68. The second kappa shape index (κ2) is 8.06. The summed E-state index contributed by atoms with van der Waals surface area (Å²) in [7, 11) is 0. The van der Waals surface area contributed by atoms with E-state index in [1.165, 1.54) is 11.1 Å². The van der Waals surface area contributed by atoms with E-state index in [2.05, 4.69) is 42.2 Å². The van der Waals surface area contributed by atoms with Crippen LogP contribution >= 0.6 is 11.8 Å². The van der Waals surface area contributed by atoms with Crippen LogP contribution in [0.2, 0.25) is 0 Å². The standard InChI is InChI=1S/C26H19N2O2S.Pt/c1-26-15-18-6-2-3-10-20(18)24(26)28-25(31-26)17-8-4-9-19(14-17)30-22-13-12-16-7-5-11-21(29)23(16)27-22;/h2-13,24,29H,15H2,1H3;/q-1;/t24-,26+;/m0./s1. The van der Waals surface area contributed by atoms with Gasteiger partial charge >= 0.3 is 0 Å². The average molecular weight is 619 g/mol. The minimum absolute atomic E-state index is 0. The molecule has 0 saturated heterocycles. The molecule has 4 nitrogen and oxygen atoms in total. The van der Waals surface area contributed by atoms with Gasteiger partial charge in [0, 0.05) is 48.1 Å². The maximum atomic E-state index is 10.1. The van der Waals surface area contributed by atoms with Crippen molar-refractivity contribution in [3.63, 3.8) is 0 Å². The Labute approximate surface area is 205 Å². The number of thioether (sulfide) groups is 1. The first-order chi connectivity index (χ1) is 15.1. The van der Waals surface area contributed by atoms with Crippen LogP contribution in [0.4, 0.5) is 0 Å². The van der Waals surface area contributed by atoms with E-state index in [0.717, 1.165) is 22.4 Å². The molecule has 0 unspecified atom stereocenters. The van der Waals surface area contributed by atoms with E-state index in [4.69, 9.17) is 9.73 Å². The summed E-state index contributed by atoms with van der Waals surface area (Å²) in [4.78, 5) is 9.53. The Morgan fingerprint density at radius 2 is 1.88 bits per heavy atom. The van der Waals surface area contributed by atoms with Crippen molar-refractivity contribution < 1.29 is 30.9 Å². The number of rotatable bonds is 3. The van der Waals surface area contributed by atoms with Crippen molar-refractivity contribution in [1.82, 2.24) is 4.98 Å². The van der Waals surface area contributed by atoms with Gasteiger partial charge in [0.25, 0.3) is 0 Å². The van der Waals surface area contributed by atoms with Gasteiger partial charge in [-0.15, -0.1) is 35.5 Å². The van der Waals surface area contributed by atoms with E-state index >= 15 is 0 Å². The number of ether oxygens (including phenoxy) is 1. The quantitative estimate of drug-likeness (QED) is 0.283. The van der Waals surface area contributed by atoms with Gasteiger partial charge in [-0.1, -0.05) is 42.5 Å². The fraction of sp³-hybridized carbons (Fsp3) is 0.154. The molecular weight excluding hydrogens is 599 g/mol. The van der Waals surface area contributed by atoms with Crippen LogP contribution in [0.15, 0.2) is 77.8 Å². The van der Waals surface area contributed by atoms with Gasteiger partial charge in [0.2, 0.25) is 5.88 Å². The molecule has 2 aliphatic rings. The number of para-hydroxylation sites is 1. The first-order valence-electron chi connectivity index (χ1n) is 10.2. The Morgan fingerprint density at radius 3 is 2.78 bits per heavy atom. The maximum absolute atomic E-state index is 10.1. The van der Waals surface area contributed by atoms with Gasteiger partial charge in [-0.05, 0) is 36.6 Å². The molecule has 2 atom stereocenters. The van der Waals surface area contributed by atoms with Crippen LogP contribution < -0.4 is 4.74 Å². The molecule has 6 heteroatoms. The molecule has 0 amide bonds. The molecule has 4 aromatic rings. The predicted molar refractivity (Wildman–Crippen MR) is 124 cm³/mol. The number of pyridine rings is 1. The van der Waals surface area contributed by atoms with Crippen LogP contribution in [0.3, 0.4) is 0 Å². The van der Waals surface area contributed by atoms with Gasteiger partial charge in [-0.3, -0.25) is 0 Å². The van der Waals surface area contributed by atoms with Crippen molar-refractivity contribution in [2.75, 3.05) is 0 Å². The van der Waals surface area contributed by atoms with Crippen LogP contribution in [-0.2, 0) is 27.5 Å². The molecular formula is C26H19N2O2PtS-. The molecule has 0 radical (unpaired) electrons. The van der Waals surface area contributed by atoms with Gasteiger partial charge in [0.05, 0.1) is 6.04 Å². The van der Waals surface area contributed by atoms with Gasteiger partial charge in [-0.25, -0.2) is 4.98 Å². The number of aromatic hydroxyl groups is 1. The van der Waals surface area contributed by atoms with Gasteiger partial charge in [-0.2, -0.15) is 0 Å². The zero-order valence-electron chi connectivity index (χ0n) is 17.2. The Kier molecular flexibility index (Phi) is 5.35. The van der Waals surface area contributed by atoms with Crippen molar-refractivity contribution in [1.29, 1.82) is 0 Å². The summed E-state index contributed by atoms with van der Waals surface area (Å²) in [6.45, 7) is 2.30. The minimum atomic E-state index is 0.